The second-order valence-electron chi connectivity index (χ2n) is 6.53. The third-order valence-corrected chi connectivity index (χ3v) is 5.57. The standard InChI is InChI=1S/C20H25N3O2S/c1-26-17-6-4-5-15(13-17)14-22-20(25)23-11-8-16(9-12-23)19(24)18-7-2-3-10-21-18/h2-7,10,13,16,19,24H,8-9,11-12,14H2,1H3,(H,22,25)/t19-/m1/s1. The fourth-order valence-electron chi connectivity index (χ4n) is 3.28. The Morgan fingerprint density at radius 1 is 1.31 bits per heavy atom. The van der Waals surface area contributed by atoms with Gasteiger partial charge in [0.25, 0.3) is 0 Å². The number of urea groups is 1. The van der Waals surface area contributed by atoms with Crippen LogP contribution in [0.5, 0.6) is 0 Å². The predicted octanol–water partition coefficient (Wildman–Crippen LogP) is 3.46. The molecule has 2 aromatic rings. The molecule has 0 unspecified atom stereocenters. The van der Waals surface area contributed by atoms with Gasteiger partial charge in [0.15, 0.2) is 0 Å². The quantitative estimate of drug-likeness (QED) is 0.790. The van der Waals surface area contributed by atoms with E-state index in [0.29, 0.717) is 25.3 Å². The molecule has 0 aliphatic carbocycles. The topological polar surface area (TPSA) is 65.5 Å². The highest BCUT2D eigenvalue weighted by atomic mass is 32.2. The molecule has 1 fully saturated rings. The number of piperidine rings is 1. The van der Waals surface area contributed by atoms with Crippen LogP contribution < -0.4 is 5.32 Å². The lowest BCUT2D eigenvalue weighted by molar-refractivity contribution is 0.0635. The number of nitrogens with one attached hydrogen (secondary N) is 1. The lowest BCUT2D eigenvalue weighted by atomic mass is 9.89. The first-order valence-corrected chi connectivity index (χ1v) is 10.1. The number of pyridine rings is 1. The zero-order chi connectivity index (χ0) is 18.4. The summed E-state index contributed by atoms with van der Waals surface area (Å²) >= 11 is 1.69. The largest absolute Gasteiger partial charge is 0.387 e. The first-order chi connectivity index (χ1) is 12.7. The average molecular weight is 372 g/mol. The zero-order valence-electron chi connectivity index (χ0n) is 15.0. The van der Waals surface area contributed by atoms with E-state index >= 15 is 0 Å². The van der Waals surface area contributed by atoms with Crippen molar-refractivity contribution in [3.8, 4) is 0 Å². The van der Waals surface area contributed by atoms with E-state index in [0.717, 1.165) is 18.4 Å². The van der Waals surface area contributed by atoms with E-state index in [-0.39, 0.29) is 11.9 Å². The highest BCUT2D eigenvalue weighted by Gasteiger charge is 2.28. The molecule has 1 aromatic heterocycles. The van der Waals surface area contributed by atoms with Crippen molar-refractivity contribution in [2.45, 2.75) is 30.4 Å². The highest BCUT2D eigenvalue weighted by Crippen LogP contribution is 2.29. The monoisotopic (exact) mass is 371 g/mol. The molecule has 26 heavy (non-hydrogen) atoms. The van der Waals surface area contributed by atoms with Crippen LogP contribution >= 0.6 is 11.8 Å². The second-order valence-corrected chi connectivity index (χ2v) is 7.41. The minimum atomic E-state index is -0.560. The van der Waals surface area contributed by atoms with E-state index in [2.05, 4.69) is 22.4 Å². The van der Waals surface area contributed by atoms with Crippen molar-refractivity contribution in [1.29, 1.82) is 0 Å². The number of aromatic nitrogens is 1. The maximum absolute atomic E-state index is 12.4. The number of benzene rings is 1. The number of aliphatic hydroxyl groups excluding tert-OH is 1. The molecule has 0 radical (unpaired) electrons. The number of hydrogen-bond acceptors (Lipinski definition) is 4. The van der Waals surface area contributed by atoms with E-state index in [1.807, 2.05) is 41.5 Å². The molecular formula is C20H25N3O2S. The summed E-state index contributed by atoms with van der Waals surface area (Å²) in [4.78, 5) is 19.7. The van der Waals surface area contributed by atoms with Crippen molar-refractivity contribution in [1.82, 2.24) is 15.2 Å². The third-order valence-electron chi connectivity index (χ3n) is 4.84. The van der Waals surface area contributed by atoms with E-state index < -0.39 is 6.10 Å². The number of likely N-dealkylation sites (tertiary alicyclic amines) is 1. The molecule has 0 spiro atoms. The van der Waals surface area contributed by atoms with Crippen molar-refractivity contribution in [2.24, 2.45) is 5.92 Å². The molecule has 2 amide bonds. The van der Waals surface area contributed by atoms with Crippen molar-refractivity contribution in [2.75, 3.05) is 19.3 Å². The van der Waals surface area contributed by atoms with E-state index in [9.17, 15) is 9.90 Å². The van der Waals surface area contributed by atoms with Gasteiger partial charge in [-0.1, -0.05) is 18.2 Å². The Morgan fingerprint density at radius 2 is 2.12 bits per heavy atom. The van der Waals surface area contributed by atoms with Gasteiger partial charge in [-0.25, -0.2) is 4.79 Å². The number of nitrogens with zero attached hydrogens (tertiary/aromatic N) is 2. The summed E-state index contributed by atoms with van der Waals surface area (Å²) in [6, 6.07) is 13.7. The number of rotatable bonds is 5. The smallest absolute Gasteiger partial charge is 0.317 e. The van der Waals surface area contributed by atoms with Gasteiger partial charge in [0.05, 0.1) is 11.8 Å². The molecule has 2 heterocycles. The Morgan fingerprint density at radius 3 is 2.81 bits per heavy atom. The molecular weight excluding hydrogens is 346 g/mol. The van der Waals surface area contributed by atoms with Crippen LogP contribution in [0.1, 0.15) is 30.2 Å². The average Bonchev–Trinajstić information content (AvgIpc) is 2.72. The minimum absolute atomic E-state index is 0.0367. The lowest BCUT2D eigenvalue weighted by Gasteiger charge is -2.34. The molecule has 0 bridgehead atoms. The highest BCUT2D eigenvalue weighted by molar-refractivity contribution is 7.98. The first kappa shape index (κ1) is 18.7. The molecule has 1 aromatic carbocycles. The third kappa shape index (κ3) is 4.77. The SMILES string of the molecule is CSc1cccc(CNC(=O)N2CCC([C@@H](O)c3ccccn3)CC2)c1. The molecule has 1 atom stereocenters. The number of hydrogen-bond donors (Lipinski definition) is 2. The number of thioether (sulfide) groups is 1. The van der Waals surface area contributed by atoms with Gasteiger partial charge < -0.3 is 15.3 Å². The normalized spacial score (nSPS) is 16.3. The number of amides is 2. The number of carbonyl (C=O) groups is 1. The molecule has 1 aliphatic rings. The summed E-state index contributed by atoms with van der Waals surface area (Å²) in [6.07, 6.45) is 4.75. The van der Waals surface area contributed by atoms with Crippen molar-refractivity contribution in [3.63, 3.8) is 0 Å². The van der Waals surface area contributed by atoms with Crippen LogP contribution in [-0.4, -0.2) is 40.4 Å². The molecule has 2 N–H and O–H groups in total. The Kier molecular flexibility index (Phi) is 6.52. The summed E-state index contributed by atoms with van der Waals surface area (Å²) in [6.45, 7) is 1.85. The summed E-state index contributed by atoms with van der Waals surface area (Å²) < 4.78 is 0. The Hall–Kier alpha value is -2.05. The van der Waals surface area contributed by atoms with Gasteiger partial charge in [0.1, 0.15) is 0 Å². The Labute approximate surface area is 158 Å². The van der Waals surface area contributed by atoms with Gasteiger partial charge in [0, 0.05) is 30.7 Å². The van der Waals surface area contributed by atoms with Crippen LogP contribution in [-0.2, 0) is 6.54 Å². The van der Waals surface area contributed by atoms with Crippen LogP contribution in [0.4, 0.5) is 4.79 Å². The minimum Gasteiger partial charge on any atom is -0.387 e. The van der Waals surface area contributed by atoms with E-state index in [4.69, 9.17) is 0 Å². The fourth-order valence-corrected chi connectivity index (χ4v) is 3.77. The van der Waals surface area contributed by atoms with Crippen molar-refractivity contribution < 1.29 is 9.90 Å². The first-order valence-electron chi connectivity index (χ1n) is 8.92. The Bertz CT molecular complexity index is 718. The summed E-state index contributed by atoms with van der Waals surface area (Å²) in [7, 11) is 0. The maximum Gasteiger partial charge on any atom is 0.317 e. The van der Waals surface area contributed by atoms with Gasteiger partial charge in [-0.15, -0.1) is 11.8 Å². The lowest BCUT2D eigenvalue weighted by Crippen LogP contribution is -2.45. The van der Waals surface area contributed by atoms with Gasteiger partial charge >= 0.3 is 6.03 Å². The zero-order valence-corrected chi connectivity index (χ0v) is 15.8. The molecule has 1 saturated heterocycles. The Balaban J connectivity index is 1.47. The number of aliphatic hydroxyl groups is 1. The number of carbonyl (C=O) groups excluding carboxylic acids is 1. The summed E-state index contributed by atoms with van der Waals surface area (Å²) in [5.41, 5.74) is 1.81. The van der Waals surface area contributed by atoms with Gasteiger partial charge in [-0.3, -0.25) is 4.98 Å². The van der Waals surface area contributed by atoms with Crippen molar-refractivity contribution in [3.05, 3.63) is 59.9 Å². The molecule has 5 nitrogen and oxygen atoms in total. The van der Waals surface area contributed by atoms with Crippen molar-refractivity contribution >= 4 is 17.8 Å². The fraction of sp³-hybridized carbons (Fsp3) is 0.400. The predicted molar refractivity (Wildman–Crippen MR) is 104 cm³/mol. The van der Waals surface area contributed by atoms with E-state index in [1.165, 1.54) is 4.90 Å². The van der Waals surface area contributed by atoms with Crippen LogP contribution in [0.15, 0.2) is 53.6 Å². The molecule has 1 aliphatic heterocycles. The molecule has 138 valence electrons. The molecule has 3 rings (SSSR count). The van der Waals surface area contributed by atoms with Crippen LogP contribution in [0.25, 0.3) is 0 Å². The summed E-state index contributed by atoms with van der Waals surface area (Å²) in [5.74, 6) is 0.146. The van der Waals surface area contributed by atoms with Crippen LogP contribution in [0.3, 0.4) is 0 Å². The van der Waals surface area contributed by atoms with Gasteiger partial charge in [-0.2, -0.15) is 0 Å². The summed E-state index contributed by atoms with van der Waals surface area (Å²) in [5, 5.41) is 13.5. The van der Waals surface area contributed by atoms with Gasteiger partial charge in [-0.05, 0) is 54.8 Å². The molecule has 0 saturated carbocycles. The van der Waals surface area contributed by atoms with Gasteiger partial charge in [0.2, 0.25) is 0 Å². The maximum atomic E-state index is 12.4. The van der Waals surface area contributed by atoms with Crippen LogP contribution in [0.2, 0.25) is 0 Å². The second kappa shape index (κ2) is 9.05. The van der Waals surface area contributed by atoms with Crippen LogP contribution in [0, 0.1) is 5.92 Å². The van der Waals surface area contributed by atoms with E-state index in [1.54, 1.807) is 18.0 Å². The molecule has 6 heteroatoms.